The Hall–Kier alpha value is -2.28. The number of nitriles is 1. The predicted molar refractivity (Wildman–Crippen MR) is 56.4 cm³/mol. The molecule has 0 bridgehead atoms. The molecule has 0 spiro atoms. The lowest BCUT2D eigenvalue weighted by molar-refractivity contribution is 0.845. The standard InChI is InChI=1S/C11H10N4/c12-8-11-7-10(3-4-13-11)9-14-15-5-1-2-6-15/h1-7,14H,9H2. The summed E-state index contributed by atoms with van der Waals surface area (Å²) < 4.78 is 1.87. The van der Waals surface area contributed by atoms with Crippen molar-refractivity contribution in [3.05, 3.63) is 54.1 Å². The number of nitrogens with one attached hydrogen (secondary N) is 1. The first-order chi connectivity index (χ1) is 7.38. The second-order valence-electron chi connectivity index (χ2n) is 3.09. The Labute approximate surface area is 87.8 Å². The summed E-state index contributed by atoms with van der Waals surface area (Å²) in [4.78, 5) is 3.91. The van der Waals surface area contributed by atoms with Crippen LogP contribution in [0.25, 0.3) is 0 Å². The summed E-state index contributed by atoms with van der Waals surface area (Å²) in [5.41, 5.74) is 4.66. The van der Waals surface area contributed by atoms with Gasteiger partial charge in [0.15, 0.2) is 0 Å². The molecule has 4 nitrogen and oxygen atoms in total. The third-order valence-electron chi connectivity index (χ3n) is 2.01. The average Bonchev–Trinajstić information content (AvgIpc) is 2.79. The van der Waals surface area contributed by atoms with E-state index in [2.05, 4.69) is 10.4 Å². The highest BCUT2D eigenvalue weighted by molar-refractivity contribution is 5.25. The Bertz CT molecular complexity index is 468. The summed E-state index contributed by atoms with van der Waals surface area (Å²) in [5, 5.41) is 8.68. The van der Waals surface area contributed by atoms with Gasteiger partial charge in [0.2, 0.25) is 0 Å². The van der Waals surface area contributed by atoms with Gasteiger partial charge in [-0.25, -0.2) is 4.98 Å². The van der Waals surface area contributed by atoms with E-state index in [1.807, 2.05) is 41.3 Å². The van der Waals surface area contributed by atoms with E-state index in [1.54, 1.807) is 12.3 Å². The molecule has 0 unspecified atom stereocenters. The van der Waals surface area contributed by atoms with E-state index < -0.39 is 0 Å². The Kier molecular flexibility index (Phi) is 2.65. The smallest absolute Gasteiger partial charge is 0.140 e. The number of pyridine rings is 1. The summed E-state index contributed by atoms with van der Waals surface area (Å²) >= 11 is 0. The molecule has 2 aromatic heterocycles. The fourth-order valence-electron chi connectivity index (χ4n) is 1.27. The number of nitrogens with zero attached hydrogens (tertiary/aromatic N) is 3. The van der Waals surface area contributed by atoms with Crippen LogP contribution >= 0.6 is 0 Å². The van der Waals surface area contributed by atoms with Crippen LogP contribution in [-0.2, 0) is 6.54 Å². The molecule has 0 amide bonds. The molecule has 2 aromatic rings. The Morgan fingerprint density at radius 3 is 2.93 bits per heavy atom. The molecular formula is C11H10N4. The minimum absolute atomic E-state index is 0.446. The van der Waals surface area contributed by atoms with Crippen LogP contribution in [-0.4, -0.2) is 9.66 Å². The normalized spacial score (nSPS) is 9.53. The molecular weight excluding hydrogens is 188 g/mol. The van der Waals surface area contributed by atoms with Crippen molar-refractivity contribution in [2.45, 2.75) is 6.54 Å². The molecule has 0 aliphatic rings. The first-order valence-electron chi connectivity index (χ1n) is 4.60. The fourth-order valence-corrected chi connectivity index (χ4v) is 1.27. The molecule has 4 heteroatoms. The molecule has 2 heterocycles. The summed E-state index contributed by atoms with van der Waals surface area (Å²) in [6.45, 7) is 0.672. The second kappa shape index (κ2) is 4.29. The van der Waals surface area contributed by atoms with E-state index in [4.69, 9.17) is 5.26 Å². The van der Waals surface area contributed by atoms with Crippen molar-refractivity contribution in [2.24, 2.45) is 0 Å². The van der Waals surface area contributed by atoms with Crippen molar-refractivity contribution >= 4 is 0 Å². The van der Waals surface area contributed by atoms with E-state index in [9.17, 15) is 0 Å². The largest absolute Gasteiger partial charge is 0.322 e. The first-order valence-corrected chi connectivity index (χ1v) is 4.60. The van der Waals surface area contributed by atoms with Gasteiger partial charge in [0, 0.05) is 18.6 Å². The highest BCUT2D eigenvalue weighted by Crippen LogP contribution is 2.01. The quantitative estimate of drug-likeness (QED) is 0.813. The molecule has 15 heavy (non-hydrogen) atoms. The number of aromatic nitrogens is 2. The van der Waals surface area contributed by atoms with Gasteiger partial charge < -0.3 is 5.43 Å². The van der Waals surface area contributed by atoms with Crippen LogP contribution in [0.4, 0.5) is 0 Å². The minimum atomic E-state index is 0.446. The molecule has 74 valence electrons. The van der Waals surface area contributed by atoms with Crippen molar-refractivity contribution in [2.75, 3.05) is 5.43 Å². The third-order valence-corrected chi connectivity index (χ3v) is 2.01. The van der Waals surface area contributed by atoms with Crippen molar-refractivity contribution in [3.8, 4) is 6.07 Å². The Balaban J connectivity index is 2.02. The summed E-state index contributed by atoms with van der Waals surface area (Å²) in [7, 11) is 0. The van der Waals surface area contributed by atoms with Crippen LogP contribution in [0.5, 0.6) is 0 Å². The fraction of sp³-hybridized carbons (Fsp3) is 0.0909. The molecule has 0 fully saturated rings. The van der Waals surface area contributed by atoms with Crippen molar-refractivity contribution in [1.29, 1.82) is 5.26 Å². The van der Waals surface area contributed by atoms with Crippen LogP contribution in [0.15, 0.2) is 42.9 Å². The SMILES string of the molecule is N#Cc1cc(CNn2cccc2)ccn1. The molecule has 1 N–H and O–H groups in total. The molecule has 0 radical (unpaired) electrons. The van der Waals surface area contributed by atoms with Gasteiger partial charge in [-0.15, -0.1) is 0 Å². The van der Waals surface area contributed by atoms with Crippen molar-refractivity contribution in [1.82, 2.24) is 9.66 Å². The molecule has 0 aliphatic carbocycles. The molecule has 0 atom stereocenters. The van der Waals surface area contributed by atoms with Crippen molar-refractivity contribution in [3.63, 3.8) is 0 Å². The van der Waals surface area contributed by atoms with E-state index in [-0.39, 0.29) is 0 Å². The Morgan fingerprint density at radius 2 is 2.20 bits per heavy atom. The van der Waals surface area contributed by atoms with Crippen LogP contribution in [0.2, 0.25) is 0 Å². The zero-order chi connectivity index (χ0) is 10.5. The zero-order valence-electron chi connectivity index (χ0n) is 8.09. The van der Waals surface area contributed by atoms with Crippen LogP contribution in [0, 0.1) is 11.3 Å². The maximum Gasteiger partial charge on any atom is 0.140 e. The van der Waals surface area contributed by atoms with Crippen LogP contribution in [0.1, 0.15) is 11.3 Å². The minimum Gasteiger partial charge on any atom is -0.322 e. The third kappa shape index (κ3) is 2.35. The number of hydrogen-bond acceptors (Lipinski definition) is 3. The summed E-state index contributed by atoms with van der Waals surface area (Å²) in [6, 6.07) is 9.56. The molecule has 0 saturated heterocycles. The van der Waals surface area contributed by atoms with Crippen molar-refractivity contribution < 1.29 is 0 Å². The maximum absolute atomic E-state index is 8.68. The predicted octanol–water partition coefficient (Wildman–Crippen LogP) is 1.50. The monoisotopic (exact) mass is 198 g/mol. The van der Waals surface area contributed by atoms with E-state index in [1.165, 1.54) is 0 Å². The van der Waals surface area contributed by atoms with Gasteiger partial charge in [-0.2, -0.15) is 5.26 Å². The van der Waals surface area contributed by atoms with Gasteiger partial charge in [-0.1, -0.05) is 0 Å². The number of hydrogen-bond donors (Lipinski definition) is 1. The van der Waals surface area contributed by atoms with E-state index in [0.29, 0.717) is 12.2 Å². The zero-order valence-corrected chi connectivity index (χ0v) is 8.09. The second-order valence-corrected chi connectivity index (χ2v) is 3.09. The van der Waals surface area contributed by atoms with Gasteiger partial charge in [0.25, 0.3) is 0 Å². The van der Waals surface area contributed by atoms with Crippen LogP contribution < -0.4 is 5.43 Å². The lowest BCUT2D eigenvalue weighted by Crippen LogP contribution is -2.11. The highest BCUT2D eigenvalue weighted by atomic mass is 15.4. The number of rotatable bonds is 3. The topological polar surface area (TPSA) is 53.6 Å². The van der Waals surface area contributed by atoms with Gasteiger partial charge in [0.05, 0.1) is 6.54 Å². The summed E-state index contributed by atoms with van der Waals surface area (Å²) in [6.07, 6.45) is 5.49. The van der Waals surface area contributed by atoms with Gasteiger partial charge in [-0.3, -0.25) is 4.68 Å². The molecule has 2 rings (SSSR count). The highest BCUT2D eigenvalue weighted by Gasteiger charge is 1.95. The Morgan fingerprint density at radius 1 is 1.40 bits per heavy atom. The average molecular weight is 198 g/mol. The molecule has 0 aliphatic heterocycles. The lowest BCUT2D eigenvalue weighted by atomic mass is 10.2. The maximum atomic E-state index is 8.68. The van der Waals surface area contributed by atoms with Gasteiger partial charge >= 0.3 is 0 Å². The van der Waals surface area contributed by atoms with E-state index >= 15 is 0 Å². The summed E-state index contributed by atoms with van der Waals surface area (Å²) in [5.74, 6) is 0. The molecule has 0 aromatic carbocycles. The van der Waals surface area contributed by atoms with E-state index in [0.717, 1.165) is 5.56 Å². The first kappa shape index (κ1) is 9.28. The van der Waals surface area contributed by atoms with Crippen LogP contribution in [0.3, 0.4) is 0 Å². The van der Waals surface area contributed by atoms with Gasteiger partial charge in [-0.05, 0) is 29.8 Å². The lowest BCUT2D eigenvalue weighted by Gasteiger charge is -2.06. The van der Waals surface area contributed by atoms with Gasteiger partial charge in [0.1, 0.15) is 11.8 Å². The molecule has 0 saturated carbocycles.